The van der Waals surface area contributed by atoms with Crippen LogP contribution in [-0.4, -0.2) is 38.7 Å². The van der Waals surface area contributed by atoms with Crippen molar-refractivity contribution in [1.82, 2.24) is 0 Å². The summed E-state index contributed by atoms with van der Waals surface area (Å²) in [5.41, 5.74) is 9.03. The fourth-order valence-electron chi connectivity index (χ4n) is 9.89. The van der Waals surface area contributed by atoms with Crippen LogP contribution >= 0.6 is 0 Å². The number of para-hydroxylation sites is 1. The van der Waals surface area contributed by atoms with E-state index in [1.165, 1.54) is 103 Å². The van der Waals surface area contributed by atoms with Crippen LogP contribution in [0.1, 0.15) is 179 Å². The van der Waals surface area contributed by atoms with Gasteiger partial charge in [-0.1, -0.05) is 68.9 Å². The lowest BCUT2D eigenvalue weighted by Gasteiger charge is -2.33. The minimum Gasteiger partial charge on any atom is -0.465 e. The molecule has 0 bridgehead atoms. The molecule has 5 aliphatic rings. The van der Waals surface area contributed by atoms with Crippen LogP contribution in [0.25, 0.3) is 0 Å². The third-order valence-corrected chi connectivity index (χ3v) is 12.9. The minimum atomic E-state index is -0.226. The quantitative estimate of drug-likeness (QED) is 0.183. The second-order valence-corrected chi connectivity index (χ2v) is 16.9. The summed E-state index contributed by atoms with van der Waals surface area (Å²) in [6.07, 6.45) is 21.5. The highest BCUT2D eigenvalue weighted by atomic mass is 16.7. The van der Waals surface area contributed by atoms with Crippen LogP contribution in [0, 0.1) is 13.8 Å². The maximum atomic E-state index is 6.83. The average Bonchev–Trinajstić information content (AvgIpc) is 3.22. The summed E-state index contributed by atoms with van der Waals surface area (Å²) < 4.78 is 38.9. The zero-order valence-corrected chi connectivity index (χ0v) is 33.1. The molecule has 3 aliphatic heterocycles. The van der Waals surface area contributed by atoms with E-state index >= 15 is 0 Å². The fraction of sp³-hybridized carbons (Fsp3) is 0.625. The summed E-state index contributed by atoms with van der Waals surface area (Å²) in [6, 6.07) is 18.5. The van der Waals surface area contributed by atoms with E-state index in [-0.39, 0.29) is 24.8 Å². The predicted molar refractivity (Wildman–Crippen MR) is 214 cm³/mol. The van der Waals surface area contributed by atoms with Gasteiger partial charge >= 0.3 is 0 Å². The Kier molecular flexibility index (Phi) is 12.8. The third-order valence-electron chi connectivity index (χ3n) is 12.9. The topological polar surface area (TPSA) is 55.4 Å². The van der Waals surface area contributed by atoms with E-state index in [1.807, 2.05) is 0 Å². The SMILES string of the molecule is Cc1cc(OC2CCCCO2)c(C2CCCCC2)cc1C(c1cc(C2CCCCC2)c(OC2CCCCO2)cc1C)c1ccccc1OC1CCCCO1. The molecule has 0 aromatic heterocycles. The van der Waals surface area contributed by atoms with Crippen LogP contribution in [0.5, 0.6) is 17.2 Å². The van der Waals surface area contributed by atoms with Crippen molar-refractivity contribution in [3.05, 3.63) is 87.5 Å². The van der Waals surface area contributed by atoms with Crippen molar-refractivity contribution in [3.8, 4) is 17.2 Å². The van der Waals surface area contributed by atoms with Crippen molar-refractivity contribution in [1.29, 1.82) is 0 Å². The smallest absolute Gasteiger partial charge is 0.199 e. The summed E-state index contributed by atoms with van der Waals surface area (Å²) in [5, 5.41) is 0. The summed E-state index contributed by atoms with van der Waals surface area (Å²) >= 11 is 0. The van der Waals surface area contributed by atoms with Crippen LogP contribution < -0.4 is 14.2 Å². The number of rotatable bonds is 11. The molecule has 3 saturated heterocycles. The van der Waals surface area contributed by atoms with E-state index in [0.29, 0.717) is 11.8 Å². The van der Waals surface area contributed by atoms with Crippen LogP contribution in [0.2, 0.25) is 0 Å². The van der Waals surface area contributed by atoms with Crippen molar-refractivity contribution in [2.24, 2.45) is 0 Å². The van der Waals surface area contributed by atoms with Crippen molar-refractivity contribution >= 4 is 0 Å². The van der Waals surface area contributed by atoms with Crippen molar-refractivity contribution in [2.75, 3.05) is 19.8 Å². The highest BCUT2D eigenvalue weighted by molar-refractivity contribution is 5.58. The molecule has 0 radical (unpaired) electrons. The molecule has 0 N–H and O–H groups in total. The lowest BCUT2D eigenvalue weighted by Crippen LogP contribution is -2.26. The Bertz CT molecular complexity index is 1560. The van der Waals surface area contributed by atoms with Gasteiger partial charge in [0.2, 0.25) is 0 Å². The molecule has 0 spiro atoms. The van der Waals surface area contributed by atoms with Gasteiger partial charge in [0.05, 0.1) is 19.8 Å². The summed E-state index contributed by atoms with van der Waals surface area (Å²) in [7, 11) is 0. The first kappa shape index (κ1) is 37.8. The zero-order chi connectivity index (χ0) is 36.7. The van der Waals surface area contributed by atoms with Gasteiger partial charge in [0, 0.05) is 30.7 Å². The van der Waals surface area contributed by atoms with Crippen LogP contribution in [-0.2, 0) is 14.2 Å². The first-order valence-corrected chi connectivity index (χ1v) is 21.8. The van der Waals surface area contributed by atoms with Gasteiger partial charge in [-0.2, -0.15) is 0 Å². The molecule has 8 rings (SSSR count). The monoisotopic (exact) mass is 736 g/mol. The molecular formula is C48H64O6. The lowest BCUT2D eigenvalue weighted by molar-refractivity contribution is -0.106. The van der Waals surface area contributed by atoms with Crippen LogP contribution in [0.4, 0.5) is 0 Å². The number of benzene rings is 3. The van der Waals surface area contributed by atoms with Gasteiger partial charge in [-0.05, 0) is 141 Å². The van der Waals surface area contributed by atoms with Gasteiger partial charge in [0.15, 0.2) is 18.9 Å². The highest BCUT2D eigenvalue weighted by Crippen LogP contribution is 2.48. The largest absolute Gasteiger partial charge is 0.465 e. The molecule has 5 fully saturated rings. The van der Waals surface area contributed by atoms with Crippen LogP contribution in [0.3, 0.4) is 0 Å². The van der Waals surface area contributed by atoms with Crippen LogP contribution in [0.15, 0.2) is 48.5 Å². The van der Waals surface area contributed by atoms with E-state index in [0.717, 1.165) is 94.9 Å². The van der Waals surface area contributed by atoms with E-state index in [4.69, 9.17) is 28.4 Å². The Balaban J connectivity index is 1.27. The molecule has 2 saturated carbocycles. The van der Waals surface area contributed by atoms with E-state index in [2.05, 4.69) is 62.4 Å². The first-order chi connectivity index (χ1) is 26.6. The van der Waals surface area contributed by atoms with Gasteiger partial charge in [-0.3, -0.25) is 0 Å². The highest BCUT2D eigenvalue weighted by Gasteiger charge is 2.32. The Morgan fingerprint density at radius 1 is 0.444 bits per heavy atom. The Morgan fingerprint density at radius 2 is 0.852 bits per heavy atom. The van der Waals surface area contributed by atoms with Gasteiger partial charge in [-0.25, -0.2) is 0 Å². The van der Waals surface area contributed by atoms with Crippen molar-refractivity contribution < 1.29 is 28.4 Å². The first-order valence-electron chi connectivity index (χ1n) is 21.8. The molecule has 54 heavy (non-hydrogen) atoms. The molecule has 3 unspecified atom stereocenters. The Labute approximate surface area is 324 Å². The summed E-state index contributed by atoms with van der Waals surface area (Å²) in [6.45, 7) is 6.87. The fourth-order valence-corrected chi connectivity index (χ4v) is 9.89. The minimum absolute atomic E-state index is 0.0468. The Morgan fingerprint density at radius 3 is 1.28 bits per heavy atom. The standard InChI is InChI=1S/C48H64O6/c1-33-29-43(53-46-24-12-15-27-50-46)40(35-17-5-3-6-18-35)31-38(33)48(37-21-9-10-22-42(37)52-45-23-11-14-26-49-45)39-32-41(36-19-7-4-8-20-36)44(30-34(39)2)54-47-25-13-16-28-51-47/h9-10,21-22,29-32,35-36,45-48H,3-8,11-20,23-28H2,1-2H3. The van der Waals surface area contributed by atoms with Gasteiger partial charge in [0.25, 0.3) is 0 Å². The number of aryl methyl sites for hydroxylation is 2. The van der Waals surface area contributed by atoms with E-state index in [9.17, 15) is 0 Å². The molecule has 3 atom stereocenters. The van der Waals surface area contributed by atoms with Crippen molar-refractivity contribution in [3.63, 3.8) is 0 Å². The molecule has 2 aliphatic carbocycles. The maximum Gasteiger partial charge on any atom is 0.199 e. The summed E-state index contributed by atoms with van der Waals surface area (Å²) in [5.74, 6) is 3.86. The van der Waals surface area contributed by atoms with E-state index in [1.54, 1.807) is 0 Å². The van der Waals surface area contributed by atoms with Gasteiger partial charge in [-0.15, -0.1) is 0 Å². The summed E-state index contributed by atoms with van der Waals surface area (Å²) in [4.78, 5) is 0. The molecule has 0 amide bonds. The second kappa shape index (κ2) is 18.3. The Hall–Kier alpha value is -3.06. The molecule has 3 aromatic carbocycles. The lowest BCUT2D eigenvalue weighted by atomic mass is 9.75. The average molecular weight is 737 g/mol. The normalized spacial score (nSPS) is 25.2. The molecule has 3 heterocycles. The number of hydrogen-bond donors (Lipinski definition) is 0. The molecular weight excluding hydrogens is 673 g/mol. The third kappa shape index (κ3) is 8.98. The molecule has 6 nitrogen and oxygen atoms in total. The van der Waals surface area contributed by atoms with Gasteiger partial charge < -0.3 is 28.4 Å². The number of ether oxygens (including phenoxy) is 6. The predicted octanol–water partition coefficient (Wildman–Crippen LogP) is 12.3. The van der Waals surface area contributed by atoms with Gasteiger partial charge in [0.1, 0.15) is 17.2 Å². The molecule has 292 valence electrons. The molecule has 6 heteroatoms. The number of hydrogen-bond acceptors (Lipinski definition) is 6. The second-order valence-electron chi connectivity index (χ2n) is 16.9. The maximum absolute atomic E-state index is 6.83. The zero-order valence-electron chi connectivity index (χ0n) is 33.1. The van der Waals surface area contributed by atoms with Crippen molar-refractivity contribution in [2.45, 2.75) is 172 Å². The molecule has 3 aromatic rings. The van der Waals surface area contributed by atoms with E-state index < -0.39 is 0 Å².